The number of rotatable bonds is 8. The van der Waals surface area contributed by atoms with Crippen LogP contribution in [0.1, 0.15) is 21.5 Å². The Kier molecular flexibility index (Phi) is 6.98. The Morgan fingerprint density at radius 3 is 2.46 bits per heavy atom. The maximum Gasteiger partial charge on any atom is 0.252 e. The lowest BCUT2D eigenvalue weighted by molar-refractivity contribution is 0.0954. The Bertz CT molecular complexity index is 914. The summed E-state index contributed by atoms with van der Waals surface area (Å²) in [5.41, 5.74) is 2.26. The number of aromatic nitrogens is 1. The number of anilines is 1. The molecule has 0 fully saturated rings. The molecule has 1 aromatic heterocycles. The molecule has 0 aliphatic rings. The molecule has 0 saturated carbocycles. The fourth-order valence-corrected chi connectivity index (χ4v) is 2.86. The highest BCUT2D eigenvalue weighted by Gasteiger charge is 2.06. The second-order valence-electron chi connectivity index (χ2n) is 6.33. The summed E-state index contributed by atoms with van der Waals surface area (Å²) in [5, 5.41) is 6.71. The molecule has 0 atom stereocenters. The number of pyridine rings is 1. The fourth-order valence-electron chi connectivity index (χ4n) is 2.73. The van der Waals surface area contributed by atoms with Crippen molar-refractivity contribution in [3.8, 4) is 0 Å². The molecule has 3 aromatic rings. The van der Waals surface area contributed by atoms with Crippen molar-refractivity contribution >= 4 is 23.3 Å². The second-order valence-corrected chi connectivity index (χ2v) is 6.77. The molecule has 1 heterocycles. The highest BCUT2D eigenvalue weighted by Crippen LogP contribution is 2.11. The van der Waals surface area contributed by atoms with E-state index in [1.54, 1.807) is 24.3 Å². The first kappa shape index (κ1) is 19.8. The number of benzene rings is 2. The summed E-state index contributed by atoms with van der Waals surface area (Å²) in [6.07, 6.45) is 2.82. The van der Waals surface area contributed by atoms with Crippen molar-refractivity contribution in [3.63, 3.8) is 0 Å². The predicted molar refractivity (Wildman–Crippen MR) is 110 cm³/mol. The average Bonchev–Trinajstić information content (AvgIpc) is 2.71. The third kappa shape index (κ3) is 5.79. The van der Waals surface area contributed by atoms with Gasteiger partial charge < -0.3 is 10.6 Å². The molecule has 1 amide bonds. The van der Waals surface area contributed by atoms with E-state index in [0.717, 1.165) is 12.0 Å². The van der Waals surface area contributed by atoms with Gasteiger partial charge in [-0.3, -0.25) is 4.79 Å². The first-order chi connectivity index (χ1) is 13.6. The highest BCUT2D eigenvalue weighted by molar-refractivity contribution is 6.30. The number of halogens is 2. The molecule has 2 N–H and O–H groups in total. The first-order valence-corrected chi connectivity index (χ1v) is 9.45. The molecule has 2 aromatic carbocycles. The van der Waals surface area contributed by atoms with Gasteiger partial charge in [-0.05, 0) is 54.3 Å². The number of carbonyl (C=O) groups is 1. The van der Waals surface area contributed by atoms with Crippen molar-refractivity contribution < 1.29 is 9.18 Å². The van der Waals surface area contributed by atoms with Crippen LogP contribution >= 0.6 is 11.6 Å². The van der Waals surface area contributed by atoms with Crippen LogP contribution in [0.4, 0.5) is 10.2 Å². The maximum absolute atomic E-state index is 13.6. The van der Waals surface area contributed by atoms with Crippen LogP contribution < -0.4 is 10.6 Å². The fraction of sp³-hybridized carbons (Fsp3) is 0.182. The number of hydrogen-bond donors (Lipinski definition) is 2. The van der Waals surface area contributed by atoms with Gasteiger partial charge >= 0.3 is 0 Å². The zero-order valence-corrected chi connectivity index (χ0v) is 16.0. The molecule has 28 heavy (non-hydrogen) atoms. The first-order valence-electron chi connectivity index (χ1n) is 9.08. The number of amides is 1. The number of nitrogens with zero attached hydrogens (tertiary/aromatic N) is 1. The van der Waals surface area contributed by atoms with E-state index in [0.29, 0.717) is 41.5 Å². The van der Waals surface area contributed by atoms with Crippen molar-refractivity contribution in [2.24, 2.45) is 0 Å². The van der Waals surface area contributed by atoms with Crippen LogP contribution in [-0.2, 0) is 12.8 Å². The summed E-state index contributed by atoms with van der Waals surface area (Å²) in [6, 6.07) is 17.7. The third-order valence-electron chi connectivity index (χ3n) is 4.30. The molecule has 0 aliphatic carbocycles. The lowest BCUT2D eigenvalue weighted by Crippen LogP contribution is -2.25. The molecule has 4 nitrogen and oxygen atoms in total. The van der Waals surface area contributed by atoms with Gasteiger partial charge in [0.05, 0.1) is 5.56 Å². The van der Waals surface area contributed by atoms with Gasteiger partial charge in [0.2, 0.25) is 0 Å². The van der Waals surface area contributed by atoms with Crippen molar-refractivity contribution in [1.29, 1.82) is 0 Å². The quantitative estimate of drug-likeness (QED) is 0.588. The Labute approximate surface area is 168 Å². The van der Waals surface area contributed by atoms with E-state index in [9.17, 15) is 9.18 Å². The van der Waals surface area contributed by atoms with Crippen LogP contribution in [0.5, 0.6) is 0 Å². The van der Waals surface area contributed by atoms with Crippen LogP contribution in [-0.4, -0.2) is 24.0 Å². The molecule has 0 radical (unpaired) electrons. The predicted octanol–water partition coefficient (Wildman–Crippen LogP) is 4.50. The molecule has 6 heteroatoms. The molecule has 0 bridgehead atoms. The lowest BCUT2D eigenvalue weighted by Gasteiger charge is -2.08. The van der Waals surface area contributed by atoms with Gasteiger partial charge in [-0.2, -0.15) is 0 Å². The second kappa shape index (κ2) is 9.85. The van der Waals surface area contributed by atoms with Gasteiger partial charge in [0, 0.05) is 24.3 Å². The zero-order chi connectivity index (χ0) is 19.8. The minimum atomic E-state index is -0.206. The monoisotopic (exact) mass is 397 g/mol. The van der Waals surface area contributed by atoms with E-state index in [1.165, 1.54) is 12.3 Å². The summed E-state index contributed by atoms with van der Waals surface area (Å²) in [5.74, 6) is 0.274. The topological polar surface area (TPSA) is 54.0 Å². The van der Waals surface area contributed by atoms with Gasteiger partial charge in [-0.15, -0.1) is 0 Å². The van der Waals surface area contributed by atoms with E-state index in [4.69, 9.17) is 11.6 Å². The van der Waals surface area contributed by atoms with Crippen molar-refractivity contribution in [2.75, 3.05) is 18.4 Å². The minimum absolute atomic E-state index is 0.167. The standard InChI is InChI=1S/C22H21ClFN3O/c23-19-8-5-16(6-9-19)11-13-26-22(28)18-7-10-21(27-15-18)25-14-12-17-3-1-2-4-20(17)24/h1-10,15H,11-14H2,(H,25,27)(H,26,28). The van der Waals surface area contributed by atoms with Crippen LogP contribution in [0.15, 0.2) is 66.9 Å². The van der Waals surface area contributed by atoms with Gasteiger partial charge in [0.1, 0.15) is 11.6 Å². The van der Waals surface area contributed by atoms with Gasteiger partial charge in [0.25, 0.3) is 5.91 Å². The summed E-state index contributed by atoms with van der Waals surface area (Å²) in [4.78, 5) is 16.5. The van der Waals surface area contributed by atoms with Gasteiger partial charge in [-0.25, -0.2) is 9.37 Å². The van der Waals surface area contributed by atoms with Crippen molar-refractivity contribution in [3.05, 3.63) is 94.4 Å². The lowest BCUT2D eigenvalue weighted by atomic mass is 10.1. The average molecular weight is 398 g/mol. The molecule has 0 unspecified atom stereocenters. The number of hydrogen-bond acceptors (Lipinski definition) is 3. The Morgan fingerprint density at radius 1 is 0.964 bits per heavy atom. The summed E-state index contributed by atoms with van der Waals surface area (Å²) in [6.45, 7) is 1.09. The molecule has 0 saturated heterocycles. The third-order valence-corrected chi connectivity index (χ3v) is 4.55. The SMILES string of the molecule is O=C(NCCc1ccc(Cl)cc1)c1ccc(NCCc2ccccc2F)nc1. The summed E-state index contributed by atoms with van der Waals surface area (Å²) in [7, 11) is 0. The molecular formula is C22H21ClFN3O. The van der Waals surface area contributed by atoms with E-state index in [-0.39, 0.29) is 11.7 Å². The minimum Gasteiger partial charge on any atom is -0.370 e. The van der Waals surface area contributed by atoms with Crippen LogP contribution in [0, 0.1) is 5.82 Å². The Hall–Kier alpha value is -2.92. The van der Waals surface area contributed by atoms with Gasteiger partial charge in [0.15, 0.2) is 0 Å². The largest absolute Gasteiger partial charge is 0.370 e. The van der Waals surface area contributed by atoms with Gasteiger partial charge in [-0.1, -0.05) is 41.9 Å². The molecule has 144 valence electrons. The van der Waals surface area contributed by atoms with Crippen molar-refractivity contribution in [2.45, 2.75) is 12.8 Å². The van der Waals surface area contributed by atoms with E-state index in [2.05, 4.69) is 15.6 Å². The molecule has 0 spiro atoms. The molecule has 0 aliphatic heterocycles. The smallest absolute Gasteiger partial charge is 0.252 e. The van der Waals surface area contributed by atoms with Crippen molar-refractivity contribution in [1.82, 2.24) is 10.3 Å². The Morgan fingerprint density at radius 2 is 1.75 bits per heavy atom. The zero-order valence-electron chi connectivity index (χ0n) is 15.3. The maximum atomic E-state index is 13.6. The number of carbonyl (C=O) groups excluding carboxylic acids is 1. The van der Waals surface area contributed by atoms with E-state index in [1.807, 2.05) is 30.3 Å². The van der Waals surface area contributed by atoms with E-state index < -0.39 is 0 Å². The van der Waals surface area contributed by atoms with Crippen LogP contribution in [0.25, 0.3) is 0 Å². The van der Waals surface area contributed by atoms with Crippen LogP contribution in [0.2, 0.25) is 5.02 Å². The van der Waals surface area contributed by atoms with E-state index >= 15 is 0 Å². The molecule has 3 rings (SSSR count). The van der Waals surface area contributed by atoms with Crippen LogP contribution in [0.3, 0.4) is 0 Å². The number of nitrogens with one attached hydrogen (secondary N) is 2. The molecular weight excluding hydrogens is 377 g/mol. The Balaban J connectivity index is 1.43. The normalized spacial score (nSPS) is 10.5. The summed E-state index contributed by atoms with van der Waals surface area (Å²) >= 11 is 5.86. The summed E-state index contributed by atoms with van der Waals surface area (Å²) < 4.78 is 13.6. The highest BCUT2D eigenvalue weighted by atomic mass is 35.5.